The number of hydrogen-bond donors (Lipinski definition) is 0. The molecule has 0 N–H and O–H groups in total. The van der Waals surface area contributed by atoms with Crippen molar-refractivity contribution in [2.45, 2.75) is 83.5 Å². The molecule has 11 rings (SSSR count). The second-order valence-corrected chi connectivity index (χ2v) is 19.6. The fourth-order valence-electron chi connectivity index (χ4n) is 11.8. The first-order valence-corrected chi connectivity index (χ1v) is 21.0. The summed E-state index contributed by atoms with van der Waals surface area (Å²) >= 11 is 0. The molecule has 0 radical (unpaired) electrons. The van der Waals surface area contributed by atoms with Gasteiger partial charge in [0.25, 0.3) is 0 Å². The number of fused-ring (bicyclic) bond motifs is 8. The van der Waals surface area contributed by atoms with Crippen LogP contribution in [0.4, 0.5) is 34.3 Å². The molecule has 0 saturated heterocycles. The number of para-hydroxylation sites is 3. The van der Waals surface area contributed by atoms with Gasteiger partial charge in [-0.25, -0.2) is 4.98 Å². The van der Waals surface area contributed by atoms with Gasteiger partial charge >= 0.3 is 0 Å². The van der Waals surface area contributed by atoms with Crippen LogP contribution in [0.3, 0.4) is 0 Å². The lowest BCUT2D eigenvalue weighted by molar-refractivity contribution is 0.403. The van der Waals surface area contributed by atoms with E-state index < -0.39 is 0 Å². The second-order valence-electron chi connectivity index (χ2n) is 19.6. The molecule has 3 heterocycles. The van der Waals surface area contributed by atoms with Gasteiger partial charge < -0.3 is 4.90 Å². The van der Waals surface area contributed by atoms with E-state index in [1.165, 1.54) is 66.6 Å². The fraction of sp³-hybridized carbons (Fsp3) is 0.241. The van der Waals surface area contributed by atoms with E-state index in [9.17, 15) is 0 Å². The molecular formula is C54H50BN3. The van der Waals surface area contributed by atoms with Crippen molar-refractivity contribution < 1.29 is 0 Å². The van der Waals surface area contributed by atoms with Crippen LogP contribution < -0.4 is 26.2 Å². The molecular weight excluding hydrogens is 701 g/mol. The molecule has 0 saturated carbocycles. The number of hydrogen-bond acceptors (Lipinski definition) is 3. The van der Waals surface area contributed by atoms with Crippen LogP contribution in [0.15, 0.2) is 146 Å². The molecule has 0 fully saturated rings. The molecule has 4 heteroatoms. The number of nitrogens with zero attached hydrogens (tertiary/aromatic N) is 3. The van der Waals surface area contributed by atoms with Gasteiger partial charge in [0.2, 0.25) is 6.71 Å². The molecule has 58 heavy (non-hydrogen) atoms. The van der Waals surface area contributed by atoms with Gasteiger partial charge in [0, 0.05) is 45.5 Å². The van der Waals surface area contributed by atoms with Crippen LogP contribution in [0.25, 0.3) is 11.1 Å². The van der Waals surface area contributed by atoms with Gasteiger partial charge in [-0.3, -0.25) is 4.90 Å². The summed E-state index contributed by atoms with van der Waals surface area (Å²) in [6.07, 6.45) is 3.20. The Morgan fingerprint density at radius 1 is 0.500 bits per heavy atom. The van der Waals surface area contributed by atoms with E-state index in [-0.39, 0.29) is 28.4 Å². The molecule has 0 spiro atoms. The molecule has 4 aliphatic rings. The Balaban J connectivity index is 1.16. The summed E-state index contributed by atoms with van der Waals surface area (Å²) in [4.78, 5) is 10.1. The molecule has 1 aromatic heterocycles. The van der Waals surface area contributed by atoms with Crippen molar-refractivity contribution in [2.24, 2.45) is 0 Å². The van der Waals surface area contributed by atoms with E-state index >= 15 is 0 Å². The van der Waals surface area contributed by atoms with E-state index in [0.29, 0.717) is 0 Å². The molecule has 6 aromatic carbocycles. The molecule has 0 bridgehead atoms. The minimum Gasteiger partial charge on any atom is -0.310 e. The SMILES string of the molecule is CC1(C)CC(C)(C)c2cc3c(cc21)B1c2cc4c(cc2N(c2ccccc2)c2nccc(c21)C3(C)C)-c1ccc(N(c2ccccc2)c2ccccc2)cc1C4(C)C. The molecule has 0 amide bonds. The van der Waals surface area contributed by atoms with Gasteiger partial charge in [-0.1, -0.05) is 140 Å². The van der Waals surface area contributed by atoms with E-state index in [1.807, 2.05) is 0 Å². The molecule has 2 aliphatic carbocycles. The van der Waals surface area contributed by atoms with Gasteiger partial charge in [0.1, 0.15) is 5.82 Å². The maximum Gasteiger partial charge on any atom is 0.249 e. The average Bonchev–Trinajstić information content (AvgIpc) is 3.55. The van der Waals surface area contributed by atoms with Gasteiger partial charge in [-0.15, -0.1) is 0 Å². The van der Waals surface area contributed by atoms with Crippen molar-refractivity contribution in [3.05, 3.63) is 179 Å². The van der Waals surface area contributed by atoms with Gasteiger partial charge in [0.05, 0.1) is 0 Å². The number of pyridine rings is 1. The fourth-order valence-corrected chi connectivity index (χ4v) is 11.8. The summed E-state index contributed by atoms with van der Waals surface area (Å²) in [5.74, 6) is 1.05. The molecule has 0 atom stereocenters. The van der Waals surface area contributed by atoms with Crippen molar-refractivity contribution >= 4 is 57.4 Å². The van der Waals surface area contributed by atoms with Crippen LogP contribution in [0.5, 0.6) is 0 Å². The lowest BCUT2D eigenvalue weighted by Crippen LogP contribution is -2.64. The summed E-state index contributed by atoms with van der Waals surface area (Å²) in [6.45, 7) is 19.6. The highest BCUT2D eigenvalue weighted by Crippen LogP contribution is 2.54. The van der Waals surface area contributed by atoms with Crippen LogP contribution in [0, 0.1) is 0 Å². The zero-order valence-electron chi connectivity index (χ0n) is 35.0. The van der Waals surface area contributed by atoms with Crippen molar-refractivity contribution in [3.8, 4) is 11.1 Å². The Bertz CT molecular complexity index is 2780. The number of rotatable bonds is 4. The first-order chi connectivity index (χ1) is 27.8. The Labute approximate surface area is 344 Å². The topological polar surface area (TPSA) is 19.4 Å². The lowest BCUT2D eigenvalue weighted by atomic mass is 9.30. The normalized spacial score (nSPS) is 17.7. The monoisotopic (exact) mass is 751 g/mol. The molecule has 0 unspecified atom stereocenters. The van der Waals surface area contributed by atoms with E-state index in [2.05, 4.69) is 211 Å². The Morgan fingerprint density at radius 3 is 1.72 bits per heavy atom. The largest absolute Gasteiger partial charge is 0.310 e. The standard InChI is InChI=1S/C54H50BN3/c1-51(2)33-52(3,4)44-32-46-45(30-43(44)51)53(5,6)40-26-27-56-50-49(40)55(46)47-31-42-39(29-48(47)58(50)36-22-16-11-17-23-36)38-25-24-37(28-41(38)54(42,7)8)57(34-18-12-9-13-19-34)35-20-14-10-15-21-35/h9-32H,33H2,1-8H3. The number of anilines is 6. The Hall–Kier alpha value is -5.87. The van der Waals surface area contributed by atoms with Crippen molar-refractivity contribution in [1.29, 1.82) is 0 Å². The highest BCUT2D eigenvalue weighted by atomic mass is 15.2. The Morgan fingerprint density at radius 2 is 1.07 bits per heavy atom. The third-order valence-electron chi connectivity index (χ3n) is 14.3. The third-order valence-corrected chi connectivity index (χ3v) is 14.3. The number of aromatic nitrogens is 1. The summed E-state index contributed by atoms with van der Waals surface area (Å²) in [5, 5.41) is 0. The van der Waals surface area contributed by atoms with Gasteiger partial charge in [-0.2, -0.15) is 0 Å². The minimum atomic E-state index is -0.231. The summed E-state index contributed by atoms with van der Waals surface area (Å²) in [7, 11) is 0. The van der Waals surface area contributed by atoms with Crippen LogP contribution in [0.2, 0.25) is 0 Å². The predicted molar refractivity (Wildman–Crippen MR) is 245 cm³/mol. The highest BCUT2D eigenvalue weighted by molar-refractivity contribution is 6.99. The molecule has 2 aliphatic heterocycles. The predicted octanol–water partition coefficient (Wildman–Crippen LogP) is 11.8. The van der Waals surface area contributed by atoms with Gasteiger partial charge in [0.15, 0.2) is 0 Å². The van der Waals surface area contributed by atoms with Crippen molar-refractivity contribution in [3.63, 3.8) is 0 Å². The zero-order valence-corrected chi connectivity index (χ0v) is 35.0. The van der Waals surface area contributed by atoms with Crippen LogP contribution >= 0.6 is 0 Å². The first kappa shape index (κ1) is 35.3. The molecule has 7 aromatic rings. The summed E-state index contributed by atoms with van der Waals surface area (Å²) in [6, 6.07) is 52.2. The average molecular weight is 752 g/mol. The Kier molecular flexibility index (Phi) is 7.22. The zero-order chi connectivity index (χ0) is 39.9. The smallest absolute Gasteiger partial charge is 0.249 e. The maximum atomic E-state index is 5.31. The molecule has 284 valence electrons. The first-order valence-electron chi connectivity index (χ1n) is 21.0. The minimum absolute atomic E-state index is 0.0634. The maximum absolute atomic E-state index is 5.31. The summed E-state index contributed by atoms with van der Waals surface area (Å²) < 4.78 is 0. The quantitative estimate of drug-likeness (QED) is 0.167. The van der Waals surface area contributed by atoms with Crippen LogP contribution in [0.1, 0.15) is 95.2 Å². The highest BCUT2D eigenvalue weighted by Gasteiger charge is 2.51. The van der Waals surface area contributed by atoms with E-state index in [0.717, 1.165) is 35.0 Å². The lowest BCUT2D eigenvalue weighted by Gasteiger charge is -2.45. The van der Waals surface area contributed by atoms with Crippen molar-refractivity contribution in [1.82, 2.24) is 4.98 Å². The van der Waals surface area contributed by atoms with E-state index in [4.69, 9.17) is 4.98 Å². The number of benzene rings is 6. The van der Waals surface area contributed by atoms with Crippen LogP contribution in [-0.2, 0) is 21.7 Å². The third kappa shape index (κ3) is 4.78. The second kappa shape index (κ2) is 11.9. The van der Waals surface area contributed by atoms with Gasteiger partial charge in [-0.05, 0) is 133 Å². The van der Waals surface area contributed by atoms with Crippen LogP contribution in [-0.4, -0.2) is 11.7 Å². The van der Waals surface area contributed by atoms with E-state index in [1.54, 1.807) is 0 Å². The molecule has 3 nitrogen and oxygen atoms in total. The summed E-state index contributed by atoms with van der Waals surface area (Å²) in [5.41, 5.74) is 21.0. The van der Waals surface area contributed by atoms with Crippen molar-refractivity contribution in [2.75, 3.05) is 9.80 Å².